The second-order valence-corrected chi connectivity index (χ2v) is 6.81. The SMILES string of the molecule is CCCC1=C(C(=O)OCC)[C@H](c2cc(OCC)c(OCC(N)=O)cc2Cl)NC(=O)N1. The molecule has 1 aliphatic heterocycles. The molecule has 0 aliphatic carbocycles. The first kappa shape index (κ1) is 23.3. The quantitative estimate of drug-likeness (QED) is 0.480. The van der Waals surface area contributed by atoms with Crippen LogP contribution in [0, 0.1) is 0 Å². The van der Waals surface area contributed by atoms with Gasteiger partial charge in [-0.15, -0.1) is 0 Å². The Labute approximate surface area is 179 Å². The lowest BCUT2D eigenvalue weighted by molar-refractivity contribution is -0.139. The van der Waals surface area contributed by atoms with Crippen molar-refractivity contribution in [1.82, 2.24) is 10.6 Å². The average molecular weight is 440 g/mol. The van der Waals surface area contributed by atoms with Crippen LogP contribution in [0.25, 0.3) is 0 Å². The Bertz CT molecular complexity index is 855. The molecule has 10 heteroatoms. The summed E-state index contributed by atoms with van der Waals surface area (Å²) in [5, 5.41) is 5.63. The van der Waals surface area contributed by atoms with Crippen LogP contribution >= 0.6 is 11.6 Å². The summed E-state index contributed by atoms with van der Waals surface area (Å²) in [5.41, 5.74) is 6.32. The molecule has 1 aromatic rings. The highest BCUT2D eigenvalue weighted by Gasteiger charge is 2.35. The normalized spacial score (nSPS) is 15.9. The van der Waals surface area contributed by atoms with E-state index in [0.29, 0.717) is 36.5 Å². The summed E-state index contributed by atoms with van der Waals surface area (Å²) in [4.78, 5) is 36.0. The Morgan fingerprint density at radius 3 is 2.43 bits per heavy atom. The first-order chi connectivity index (χ1) is 14.3. The minimum atomic E-state index is -0.851. The first-order valence-corrected chi connectivity index (χ1v) is 10.0. The van der Waals surface area contributed by atoms with Gasteiger partial charge in [0.15, 0.2) is 18.1 Å². The highest BCUT2D eigenvalue weighted by atomic mass is 35.5. The number of primary amides is 1. The second kappa shape index (κ2) is 10.7. The number of hydrogen-bond acceptors (Lipinski definition) is 6. The summed E-state index contributed by atoms with van der Waals surface area (Å²) in [6.45, 7) is 5.56. The highest BCUT2D eigenvalue weighted by molar-refractivity contribution is 6.31. The van der Waals surface area contributed by atoms with Gasteiger partial charge in [0.1, 0.15) is 0 Å². The van der Waals surface area contributed by atoms with Crippen LogP contribution in [0.1, 0.15) is 45.2 Å². The number of rotatable bonds is 10. The molecule has 0 bridgehead atoms. The van der Waals surface area contributed by atoms with E-state index in [1.165, 1.54) is 6.07 Å². The summed E-state index contributed by atoms with van der Waals surface area (Å²) in [7, 11) is 0. The van der Waals surface area contributed by atoms with Crippen molar-refractivity contribution in [3.63, 3.8) is 0 Å². The standard InChI is InChI=1S/C20H26ClN3O6/c1-4-7-13-17(19(26)29-6-3)18(24-20(27)23-13)11-8-14(28-5-2)15(9-12(11)21)30-10-16(22)25/h8-9,18H,4-7,10H2,1-3H3,(H2,22,25)(H2,23,24,27)/t18-/m0/s1. The van der Waals surface area contributed by atoms with Crippen molar-refractivity contribution in [1.29, 1.82) is 0 Å². The van der Waals surface area contributed by atoms with E-state index >= 15 is 0 Å². The molecule has 1 aliphatic rings. The molecule has 1 heterocycles. The summed E-state index contributed by atoms with van der Waals surface area (Å²) in [6, 6.07) is 1.72. The molecular formula is C20H26ClN3O6. The smallest absolute Gasteiger partial charge is 0.338 e. The molecule has 2 rings (SSSR count). The van der Waals surface area contributed by atoms with Gasteiger partial charge in [-0.2, -0.15) is 0 Å². The van der Waals surface area contributed by atoms with Crippen LogP contribution in [0.5, 0.6) is 11.5 Å². The number of halogens is 1. The lowest BCUT2D eigenvalue weighted by Crippen LogP contribution is -2.46. The molecular weight excluding hydrogens is 414 g/mol. The summed E-state index contributed by atoms with van der Waals surface area (Å²) >= 11 is 6.47. The zero-order valence-electron chi connectivity index (χ0n) is 17.2. The highest BCUT2D eigenvalue weighted by Crippen LogP contribution is 2.40. The van der Waals surface area contributed by atoms with E-state index in [1.807, 2.05) is 6.92 Å². The topological polar surface area (TPSA) is 129 Å². The molecule has 9 nitrogen and oxygen atoms in total. The number of esters is 1. The van der Waals surface area contributed by atoms with Gasteiger partial charge in [-0.3, -0.25) is 4.79 Å². The van der Waals surface area contributed by atoms with E-state index in [4.69, 9.17) is 31.5 Å². The molecule has 30 heavy (non-hydrogen) atoms. The lowest BCUT2D eigenvalue weighted by atomic mass is 9.93. The number of ether oxygens (including phenoxy) is 3. The fraction of sp³-hybridized carbons (Fsp3) is 0.450. The van der Waals surface area contributed by atoms with Crippen LogP contribution in [0.3, 0.4) is 0 Å². The molecule has 0 saturated heterocycles. The van der Waals surface area contributed by atoms with E-state index in [1.54, 1.807) is 19.9 Å². The number of allylic oxidation sites excluding steroid dienone is 1. The number of nitrogens with two attached hydrogens (primary N) is 1. The number of carbonyl (C=O) groups excluding carboxylic acids is 3. The van der Waals surface area contributed by atoms with Gasteiger partial charge in [-0.25, -0.2) is 9.59 Å². The average Bonchev–Trinajstić information content (AvgIpc) is 2.67. The van der Waals surface area contributed by atoms with E-state index in [-0.39, 0.29) is 29.6 Å². The number of nitrogens with one attached hydrogen (secondary N) is 2. The molecule has 4 N–H and O–H groups in total. The Morgan fingerprint density at radius 1 is 1.13 bits per heavy atom. The van der Waals surface area contributed by atoms with E-state index < -0.39 is 23.9 Å². The number of amides is 3. The van der Waals surface area contributed by atoms with Gasteiger partial charge >= 0.3 is 12.0 Å². The van der Waals surface area contributed by atoms with E-state index in [2.05, 4.69) is 10.6 Å². The van der Waals surface area contributed by atoms with Gasteiger partial charge in [0, 0.05) is 17.3 Å². The largest absolute Gasteiger partial charge is 0.490 e. The molecule has 1 aromatic carbocycles. The number of hydrogen-bond donors (Lipinski definition) is 3. The fourth-order valence-corrected chi connectivity index (χ4v) is 3.31. The molecule has 3 amide bonds. The Hall–Kier alpha value is -2.94. The summed E-state index contributed by atoms with van der Waals surface area (Å²) in [5.74, 6) is -0.687. The van der Waals surface area contributed by atoms with Crippen LogP contribution in [-0.2, 0) is 14.3 Å². The molecule has 0 radical (unpaired) electrons. The van der Waals surface area contributed by atoms with Crippen LogP contribution in [0.2, 0.25) is 5.02 Å². The third-order valence-electron chi connectivity index (χ3n) is 4.19. The molecule has 0 aromatic heterocycles. The van der Waals surface area contributed by atoms with Gasteiger partial charge in [0.25, 0.3) is 5.91 Å². The molecule has 0 saturated carbocycles. The lowest BCUT2D eigenvalue weighted by Gasteiger charge is -2.30. The summed E-state index contributed by atoms with van der Waals surface area (Å²) < 4.78 is 16.2. The maximum atomic E-state index is 12.7. The van der Waals surface area contributed by atoms with Crippen molar-refractivity contribution in [3.05, 3.63) is 34.0 Å². The van der Waals surface area contributed by atoms with Gasteiger partial charge in [-0.05, 0) is 26.3 Å². The molecule has 164 valence electrons. The van der Waals surface area contributed by atoms with Crippen molar-refractivity contribution in [2.45, 2.75) is 39.7 Å². The van der Waals surface area contributed by atoms with Crippen LogP contribution in [0.4, 0.5) is 4.79 Å². The molecule has 0 spiro atoms. The molecule has 0 unspecified atom stereocenters. The zero-order chi connectivity index (χ0) is 22.3. The van der Waals surface area contributed by atoms with Gasteiger partial charge in [-0.1, -0.05) is 24.9 Å². The van der Waals surface area contributed by atoms with Crippen molar-refractivity contribution in [2.75, 3.05) is 19.8 Å². The zero-order valence-corrected chi connectivity index (χ0v) is 17.9. The maximum absolute atomic E-state index is 12.7. The minimum Gasteiger partial charge on any atom is -0.490 e. The predicted molar refractivity (Wildman–Crippen MR) is 110 cm³/mol. The van der Waals surface area contributed by atoms with Crippen LogP contribution < -0.4 is 25.8 Å². The number of carbonyl (C=O) groups is 3. The molecule has 1 atom stereocenters. The fourth-order valence-electron chi connectivity index (χ4n) is 3.05. The Kier molecular flexibility index (Phi) is 8.35. The number of benzene rings is 1. The van der Waals surface area contributed by atoms with Gasteiger partial charge in [0.2, 0.25) is 0 Å². The van der Waals surface area contributed by atoms with Crippen molar-refractivity contribution < 1.29 is 28.6 Å². The van der Waals surface area contributed by atoms with Crippen molar-refractivity contribution in [2.24, 2.45) is 5.73 Å². The van der Waals surface area contributed by atoms with E-state index in [0.717, 1.165) is 0 Å². The summed E-state index contributed by atoms with van der Waals surface area (Å²) in [6.07, 6.45) is 1.19. The third-order valence-corrected chi connectivity index (χ3v) is 4.52. The predicted octanol–water partition coefficient (Wildman–Crippen LogP) is 2.57. The Morgan fingerprint density at radius 2 is 1.83 bits per heavy atom. The van der Waals surface area contributed by atoms with Gasteiger partial charge in [0.05, 0.1) is 29.9 Å². The molecule has 0 fully saturated rings. The second-order valence-electron chi connectivity index (χ2n) is 6.40. The number of urea groups is 1. The van der Waals surface area contributed by atoms with Crippen molar-refractivity contribution in [3.8, 4) is 11.5 Å². The maximum Gasteiger partial charge on any atom is 0.338 e. The van der Waals surface area contributed by atoms with Crippen molar-refractivity contribution >= 4 is 29.5 Å². The Balaban J connectivity index is 2.58. The third kappa shape index (κ3) is 5.56. The van der Waals surface area contributed by atoms with Crippen LogP contribution in [0.15, 0.2) is 23.4 Å². The first-order valence-electron chi connectivity index (χ1n) is 9.67. The van der Waals surface area contributed by atoms with E-state index in [9.17, 15) is 14.4 Å². The van der Waals surface area contributed by atoms with Crippen LogP contribution in [-0.4, -0.2) is 37.7 Å². The van der Waals surface area contributed by atoms with Gasteiger partial charge < -0.3 is 30.6 Å². The monoisotopic (exact) mass is 439 g/mol. The minimum absolute atomic E-state index is 0.181.